The highest BCUT2D eigenvalue weighted by atomic mass is 16.5. The number of aromatic amines is 1. The summed E-state index contributed by atoms with van der Waals surface area (Å²) in [5.41, 5.74) is 2.25. The van der Waals surface area contributed by atoms with Gasteiger partial charge < -0.3 is 14.6 Å². The molecule has 2 aromatic rings. The largest absolute Gasteiger partial charge is 0.378 e. The number of hydrogen-bond donors (Lipinski definition) is 1. The molecule has 1 aliphatic rings. The molecule has 1 N–H and O–H groups in total. The molecule has 1 aromatic carbocycles. The predicted octanol–water partition coefficient (Wildman–Crippen LogP) is 1.69. The molecule has 3 rings (SSSR count). The highest BCUT2D eigenvalue weighted by Crippen LogP contribution is 2.23. The Kier molecular flexibility index (Phi) is 4.45. The van der Waals surface area contributed by atoms with Crippen molar-refractivity contribution in [2.45, 2.75) is 6.92 Å². The molecule has 0 atom stereocenters. The lowest BCUT2D eigenvalue weighted by molar-refractivity contribution is 0.0303. The van der Waals surface area contributed by atoms with Gasteiger partial charge in [-0.2, -0.15) is 5.26 Å². The van der Waals surface area contributed by atoms with Crippen molar-refractivity contribution < 1.29 is 9.53 Å². The maximum absolute atomic E-state index is 12.4. The van der Waals surface area contributed by atoms with Crippen molar-refractivity contribution in [1.29, 1.82) is 5.26 Å². The minimum absolute atomic E-state index is 0.0348. The fourth-order valence-corrected chi connectivity index (χ4v) is 2.77. The van der Waals surface area contributed by atoms with Crippen LogP contribution in [0.1, 0.15) is 21.6 Å². The lowest BCUT2D eigenvalue weighted by Gasteiger charge is -2.26. The number of aryl methyl sites for hydroxylation is 1. The number of pyridine rings is 1. The molecule has 0 bridgehead atoms. The number of amides is 1. The van der Waals surface area contributed by atoms with Crippen LogP contribution in [0.4, 0.5) is 0 Å². The molecular weight excluding hydrogens is 306 g/mol. The molecule has 1 fully saturated rings. The quantitative estimate of drug-likeness (QED) is 0.911. The Labute approximate surface area is 139 Å². The molecule has 6 nitrogen and oxygen atoms in total. The van der Waals surface area contributed by atoms with Gasteiger partial charge in [0.1, 0.15) is 11.6 Å². The summed E-state index contributed by atoms with van der Waals surface area (Å²) in [6.07, 6.45) is 0. The van der Waals surface area contributed by atoms with Gasteiger partial charge in [-0.3, -0.25) is 9.59 Å². The number of nitriles is 1. The average molecular weight is 323 g/mol. The Balaban J connectivity index is 1.92. The first kappa shape index (κ1) is 16.0. The molecule has 1 aliphatic heterocycles. The van der Waals surface area contributed by atoms with Crippen LogP contribution in [-0.4, -0.2) is 42.1 Å². The minimum Gasteiger partial charge on any atom is -0.378 e. The van der Waals surface area contributed by atoms with E-state index in [-0.39, 0.29) is 11.5 Å². The number of rotatable bonds is 2. The van der Waals surface area contributed by atoms with Crippen LogP contribution < -0.4 is 5.56 Å². The van der Waals surface area contributed by atoms with Crippen molar-refractivity contribution >= 4 is 5.91 Å². The number of H-pyrrole nitrogens is 1. The normalized spacial score (nSPS) is 14.2. The van der Waals surface area contributed by atoms with Gasteiger partial charge in [-0.15, -0.1) is 0 Å². The van der Waals surface area contributed by atoms with E-state index in [0.29, 0.717) is 43.1 Å². The van der Waals surface area contributed by atoms with Gasteiger partial charge in [-0.1, -0.05) is 12.1 Å². The molecule has 0 saturated carbocycles. The van der Waals surface area contributed by atoms with Gasteiger partial charge >= 0.3 is 0 Å². The highest BCUT2D eigenvalue weighted by Gasteiger charge is 2.18. The average Bonchev–Trinajstić information content (AvgIpc) is 2.61. The molecular formula is C18H17N3O3. The first-order chi connectivity index (χ1) is 11.6. The molecule has 24 heavy (non-hydrogen) atoms. The van der Waals surface area contributed by atoms with E-state index < -0.39 is 5.56 Å². The van der Waals surface area contributed by atoms with E-state index in [1.54, 1.807) is 42.2 Å². The second-order valence-electron chi connectivity index (χ2n) is 5.66. The van der Waals surface area contributed by atoms with Crippen molar-refractivity contribution in [1.82, 2.24) is 9.88 Å². The van der Waals surface area contributed by atoms with E-state index in [1.165, 1.54) is 0 Å². The van der Waals surface area contributed by atoms with Crippen LogP contribution in [0.25, 0.3) is 11.1 Å². The van der Waals surface area contributed by atoms with Crippen LogP contribution in [0, 0.1) is 18.3 Å². The summed E-state index contributed by atoms with van der Waals surface area (Å²) in [5, 5.41) is 9.22. The Hall–Kier alpha value is -2.91. The summed E-state index contributed by atoms with van der Waals surface area (Å²) in [7, 11) is 0. The van der Waals surface area contributed by atoms with E-state index in [0.717, 1.165) is 5.56 Å². The Morgan fingerprint density at radius 2 is 1.92 bits per heavy atom. The van der Waals surface area contributed by atoms with Gasteiger partial charge in [-0.05, 0) is 30.7 Å². The van der Waals surface area contributed by atoms with E-state index in [1.807, 2.05) is 6.07 Å². The monoisotopic (exact) mass is 323 g/mol. The molecule has 2 heterocycles. The summed E-state index contributed by atoms with van der Waals surface area (Å²) < 4.78 is 5.25. The van der Waals surface area contributed by atoms with E-state index in [9.17, 15) is 14.9 Å². The fraction of sp³-hybridized carbons (Fsp3) is 0.278. The molecule has 122 valence electrons. The smallest absolute Gasteiger partial charge is 0.266 e. The van der Waals surface area contributed by atoms with Crippen LogP contribution in [-0.2, 0) is 4.74 Å². The maximum atomic E-state index is 12.4. The summed E-state index contributed by atoms with van der Waals surface area (Å²) in [5.74, 6) is -0.0348. The first-order valence-electron chi connectivity index (χ1n) is 7.71. The van der Waals surface area contributed by atoms with Crippen LogP contribution in [0.15, 0.2) is 35.1 Å². The van der Waals surface area contributed by atoms with Crippen LogP contribution in [0.3, 0.4) is 0 Å². The topological polar surface area (TPSA) is 86.2 Å². The number of morpholine rings is 1. The first-order valence-corrected chi connectivity index (χ1v) is 7.71. The number of carbonyl (C=O) groups is 1. The molecule has 0 aliphatic carbocycles. The number of ether oxygens (including phenoxy) is 1. The Morgan fingerprint density at radius 1 is 1.25 bits per heavy atom. The number of carbonyl (C=O) groups excluding carboxylic acids is 1. The van der Waals surface area contributed by atoms with Crippen LogP contribution in [0.5, 0.6) is 0 Å². The zero-order valence-electron chi connectivity index (χ0n) is 13.3. The van der Waals surface area contributed by atoms with Gasteiger partial charge in [0, 0.05) is 29.9 Å². The van der Waals surface area contributed by atoms with E-state index >= 15 is 0 Å². The van der Waals surface area contributed by atoms with Crippen molar-refractivity contribution in [3.63, 3.8) is 0 Å². The van der Waals surface area contributed by atoms with Gasteiger partial charge in [0.15, 0.2) is 0 Å². The zero-order valence-corrected chi connectivity index (χ0v) is 13.3. The molecule has 0 spiro atoms. The van der Waals surface area contributed by atoms with Crippen LogP contribution in [0.2, 0.25) is 0 Å². The lowest BCUT2D eigenvalue weighted by atomic mass is 9.99. The predicted molar refractivity (Wildman–Crippen MR) is 88.7 cm³/mol. The van der Waals surface area contributed by atoms with Gasteiger partial charge in [0.2, 0.25) is 0 Å². The molecule has 1 saturated heterocycles. The minimum atomic E-state index is -0.402. The van der Waals surface area contributed by atoms with Gasteiger partial charge in [-0.25, -0.2) is 0 Å². The third-order valence-electron chi connectivity index (χ3n) is 4.02. The van der Waals surface area contributed by atoms with Crippen LogP contribution >= 0.6 is 0 Å². The number of hydrogen-bond acceptors (Lipinski definition) is 4. The second-order valence-corrected chi connectivity index (χ2v) is 5.66. The molecule has 1 aromatic heterocycles. The second kappa shape index (κ2) is 6.69. The maximum Gasteiger partial charge on any atom is 0.266 e. The van der Waals surface area contributed by atoms with Gasteiger partial charge in [0.05, 0.1) is 13.2 Å². The number of aromatic nitrogens is 1. The van der Waals surface area contributed by atoms with Crippen molar-refractivity contribution in [3.05, 3.63) is 57.5 Å². The number of benzene rings is 1. The zero-order chi connectivity index (χ0) is 17.1. The Bertz CT molecular complexity index is 857. The molecule has 0 unspecified atom stereocenters. The Morgan fingerprint density at radius 3 is 2.54 bits per heavy atom. The standard InChI is InChI=1S/C18H17N3O3/c1-12-10-15(16(11-19)17(22)20-12)13-2-4-14(5-3-13)18(23)21-6-8-24-9-7-21/h2-5,10H,6-9H2,1H3,(H,20,22). The molecule has 6 heteroatoms. The molecule has 0 radical (unpaired) electrons. The fourth-order valence-electron chi connectivity index (χ4n) is 2.77. The third kappa shape index (κ3) is 3.07. The van der Waals surface area contributed by atoms with E-state index in [4.69, 9.17) is 4.74 Å². The highest BCUT2D eigenvalue weighted by molar-refractivity contribution is 5.94. The number of nitrogens with zero attached hydrogens (tertiary/aromatic N) is 2. The summed E-state index contributed by atoms with van der Waals surface area (Å²) in [6.45, 7) is 4.06. The van der Waals surface area contributed by atoms with Crippen molar-refractivity contribution in [3.8, 4) is 17.2 Å². The summed E-state index contributed by atoms with van der Waals surface area (Å²) >= 11 is 0. The van der Waals surface area contributed by atoms with Crippen molar-refractivity contribution in [2.24, 2.45) is 0 Å². The van der Waals surface area contributed by atoms with Crippen molar-refractivity contribution in [2.75, 3.05) is 26.3 Å². The van der Waals surface area contributed by atoms with Gasteiger partial charge in [0.25, 0.3) is 11.5 Å². The lowest BCUT2D eigenvalue weighted by Crippen LogP contribution is -2.40. The SMILES string of the molecule is Cc1cc(-c2ccc(C(=O)N3CCOCC3)cc2)c(C#N)c(=O)[nH]1. The van der Waals surface area contributed by atoms with E-state index in [2.05, 4.69) is 4.98 Å². The molecule has 1 amide bonds. The number of nitrogens with one attached hydrogen (secondary N) is 1. The summed E-state index contributed by atoms with van der Waals surface area (Å²) in [4.78, 5) is 28.7. The summed E-state index contributed by atoms with van der Waals surface area (Å²) in [6, 6.07) is 10.7. The third-order valence-corrected chi connectivity index (χ3v) is 4.02.